The van der Waals surface area contributed by atoms with Gasteiger partial charge in [0.2, 0.25) is 5.89 Å². The normalized spacial score (nSPS) is 15.7. The molecule has 0 saturated carbocycles. The van der Waals surface area contributed by atoms with Crippen LogP contribution in [0.1, 0.15) is 36.8 Å². The first-order chi connectivity index (χ1) is 15.8. The van der Waals surface area contributed by atoms with E-state index in [2.05, 4.69) is 17.9 Å². The number of nitriles is 1. The molecule has 168 valence electrons. The molecule has 2 aromatic carbocycles. The van der Waals surface area contributed by atoms with Crippen molar-refractivity contribution in [1.29, 1.82) is 5.26 Å². The van der Waals surface area contributed by atoms with Gasteiger partial charge in [-0.2, -0.15) is 5.26 Å². The van der Waals surface area contributed by atoms with Crippen molar-refractivity contribution < 1.29 is 9.15 Å². The van der Waals surface area contributed by atoms with E-state index in [4.69, 9.17) is 14.1 Å². The molecule has 3 heterocycles. The summed E-state index contributed by atoms with van der Waals surface area (Å²) in [7, 11) is 3.29. The largest absolute Gasteiger partial charge is 0.497 e. The predicted octanol–water partition coefficient (Wildman–Crippen LogP) is 4.43. The highest BCUT2D eigenvalue weighted by atomic mass is 16.5. The number of anilines is 1. The van der Waals surface area contributed by atoms with Crippen LogP contribution in [0.5, 0.6) is 5.75 Å². The molecule has 4 aromatic rings. The smallest absolute Gasteiger partial charge is 0.270 e. The molecule has 0 unspecified atom stereocenters. The van der Waals surface area contributed by atoms with Crippen LogP contribution in [-0.2, 0) is 12.5 Å². The summed E-state index contributed by atoms with van der Waals surface area (Å²) in [5.41, 5.74) is 3.95. The van der Waals surface area contributed by atoms with Crippen molar-refractivity contribution in [3.8, 4) is 11.8 Å². The highest BCUT2D eigenvalue weighted by Gasteiger charge is 2.37. The topological polar surface area (TPSA) is 84.3 Å². The van der Waals surface area contributed by atoms with Crippen LogP contribution in [0.4, 0.5) is 5.69 Å². The van der Waals surface area contributed by atoms with Gasteiger partial charge >= 0.3 is 0 Å². The van der Waals surface area contributed by atoms with Gasteiger partial charge in [0.1, 0.15) is 22.9 Å². The molecule has 1 aliphatic rings. The maximum absolute atomic E-state index is 13.0. The molecule has 0 bridgehead atoms. The van der Waals surface area contributed by atoms with Crippen LogP contribution < -0.4 is 15.2 Å². The summed E-state index contributed by atoms with van der Waals surface area (Å²) in [6.45, 7) is 5.61. The van der Waals surface area contributed by atoms with Crippen LogP contribution in [0.3, 0.4) is 0 Å². The van der Waals surface area contributed by atoms with Crippen molar-refractivity contribution >= 4 is 27.7 Å². The number of benzene rings is 2. The van der Waals surface area contributed by atoms with Crippen LogP contribution in [0.15, 0.2) is 45.6 Å². The van der Waals surface area contributed by atoms with E-state index in [1.807, 2.05) is 43.3 Å². The second-order valence-electron chi connectivity index (χ2n) is 9.12. The van der Waals surface area contributed by atoms with Gasteiger partial charge in [0.05, 0.1) is 18.3 Å². The summed E-state index contributed by atoms with van der Waals surface area (Å²) >= 11 is 0. The minimum atomic E-state index is -0.295. The number of aryl methyl sites for hydroxylation is 2. The lowest BCUT2D eigenvalue weighted by molar-refractivity contribution is 0.292. The molecule has 0 radical (unpaired) electrons. The van der Waals surface area contributed by atoms with E-state index < -0.39 is 0 Å². The van der Waals surface area contributed by atoms with Gasteiger partial charge in [0, 0.05) is 37.0 Å². The molecule has 0 amide bonds. The third-order valence-electron chi connectivity index (χ3n) is 6.93. The molecule has 2 aromatic heterocycles. The molecule has 1 fully saturated rings. The van der Waals surface area contributed by atoms with Crippen molar-refractivity contribution in [1.82, 2.24) is 9.55 Å². The third kappa shape index (κ3) is 3.34. The zero-order valence-electron chi connectivity index (χ0n) is 19.3. The van der Waals surface area contributed by atoms with E-state index in [0.717, 1.165) is 46.3 Å². The Hall–Kier alpha value is -3.79. The summed E-state index contributed by atoms with van der Waals surface area (Å²) in [6.07, 6.45) is 1.60. The number of rotatable bonds is 3. The van der Waals surface area contributed by atoms with Crippen LogP contribution >= 0.6 is 0 Å². The van der Waals surface area contributed by atoms with E-state index in [1.165, 1.54) is 4.57 Å². The molecule has 1 saturated heterocycles. The monoisotopic (exact) mass is 442 g/mol. The molecular formula is C26H26N4O3. The molecule has 7 heteroatoms. The van der Waals surface area contributed by atoms with E-state index in [0.29, 0.717) is 24.5 Å². The van der Waals surface area contributed by atoms with Gasteiger partial charge in [-0.1, -0.05) is 13.0 Å². The van der Waals surface area contributed by atoms with Crippen molar-refractivity contribution in [3.05, 3.63) is 63.8 Å². The number of piperidine rings is 1. The first kappa shape index (κ1) is 21.1. The lowest BCUT2D eigenvalue weighted by atomic mass is 9.80. The van der Waals surface area contributed by atoms with Crippen LogP contribution in [0.25, 0.3) is 22.0 Å². The SMILES string of the molecule is COc1ccc2c(N3CCC(C)(c4nc5cc(C)ccc5o4)CC3)c(C#N)c(=O)n(C)c2c1. The van der Waals surface area contributed by atoms with Crippen molar-refractivity contribution in [3.63, 3.8) is 0 Å². The molecule has 33 heavy (non-hydrogen) atoms. The fourth-order valence-corrected chi connectivity index (χ4v) is 4.79. The van der Waals surface area contributed by atoms with Gasteiger partial charge in [-0.05, 0) is 49.6 Å². The van der Waals surface area contributed by atoms with Gasteiger partial charge in [-0.15, -0.1) is 0 Å². The Labute approximate surface area is 191 Å². The first-order valence-corrected chi connectivity index (χ1v) is 11.1. The molecule has 7 nitrogen and oxygen atoms in total. The third-order valence-corrected chi connectivity index (χ3v) is 6.93. The number of fused-ring (bicyclic) bond motifs is 2. The number of hydrogen-bond acceptors (Lipinski definition) is 6. The first-order valence-electron chi connectivity index (χ1n) is 11.1. The zero-order valence-corrected chi connectivity index (χ0v) is 19.3. The Morgan fingerprint density at radius 3 is 2.64 bits per heavy atom. The van der Waals surface area contributed by atoms with Gasteiger partial charge in [0.25, 0.3) is 5.56 Å². The van der Waals surface area contributed by atoms with Crippen molar-refractivity contribution in [2.24, 2.45) is 7.05 Å². The standard InChI is InChI=1S/C26H26N4O3/c1-16-5-8-22-20(13-16)28-25(33-22)26(2)9-11-30(12-10-26)23-18-7-6-17(32-4)14-21(18)29(3)24(31)19(23)15-27/h5-8,13-14H,9-12H2,1-4H3. The summed E-state index contributed by atoms with van der Waals surface area (Å²) in [6, 6.07) is 13.8. The van der Waals surface area contributed by atoms with Crippen LogP contribution in [0, 0.1) is 18.3 Å². The quantitative estimate of drug-likeness (QED) is 0.467. The Bertz CT molecular complexity index is 1480. The average Bonchev–Trinajstić information content (AvgIpc) is 3.26. The maximum Gasteiger partial charge on any atom is 0.270 e. The Morgan fingerprint density at radius 2 is 1.94 bits per heavy atom. The lowest BCUT2D eigenvalue weighted by Crippen LogP contribution is -2.42. The molecule has 0 spiro atoms. The van der Waals surface area contributed by atoms with E-state index in [-0.39, 0.29) is 16.5 Å². The molecular weight excluding hydrogens is 416 g/mol. The minimum Gasteiger partial charge on any atom is -0.497 e. The summed E-state index contributed by atoms with van der Waals surface area (Å²) in [4.78, 5) is 19.9. The maximum atomic E-state index is 13.0. The van der Waals surface area contributed by atoms with E-state index in [9.17, 15) is 10.1 Å². The Morgan fingerprint density at radius 1 is 1.18 bits per heavy atom. The van der Waals surface area contributed by atoms with Gasteiger partial charge in [0.15, 0.2) is 5.58 Å². The molecule has 0 atom stereocenters. The summed E-state index contributed by atoms with van der Waals surface area (Å²) in [5.74, 6) is 1.42. The van der Waals surface area contributed by atoms with Crippen molar-refractivity contribution in [2.75, 3.05) is 25.1 Å². The molecule has 0 N–H and O–H groups in total. The number of hydrogen-bond donors (Lipinski definition) is 0. The zero-order chi connectivity index (χ0) is 23.3. The Kier molecular flexibility index (Phi) is 4.89. The molecule has 1 aliphatic heterocycles. The second kappa shape index (κ2) is 7.66. The number of nitrogens with zero attached hydrogens (tertiary/aromatic N) is 4. The average molecular weight is 443 g/mol. The number of oxazole rings is 1. The number of pyridine rings is 1. The minimum absolute atomic E-state index is 0.177. The predicted molar refractivity (Wildman–Crippen MR) is 128 cm³/mol. The van der Waals surface area contributed by atoms with E-state index >= 15 is 0 Å². The van der Waals surface area contributed by atoms with Crippen LogP contribution in [0.2, 0.25) is 0 Å². The molecule has 0 aliphatic carbocycles. The Balaban J connectivity index is 1.53. The fraction of sp³-hybridized carbons (Fsp3) is 0.346. The summed E-state index contributed by atoms with van der Waals surface area (Å²) in [5, 5.41) is 10.7. The highest BCUT2D eigenvalue weighted by Crippen LogP contribution is 2.39. The van der Waals surface area contributed by atoms with Gasteiger partial charge in [-0.3, -0.25) is 4.79 Å². The fourth-order valence-electron chi connectivity index (χ4n) is 4.79. The van der Waals surface area contributed by atoms with Gasteiger partial charge in [-0.25, -0.2) is 4.98 Å². The lowest BCUT2D eigenvalue weighted by Gasteiger charge is -2.39. The second-order valence-corrected chi connectivity index (χ2v) is 9.12. The molecule has 5 rings (SSSR count). The number of ether oxygens (including phenoxy) is 1. The summed E-state index contributed by atoms with van der Waals surface area (Å²) < 4.78 is 13.0. The number of methoxy groups -OCH3 is 1. The van der Waals surface area contributed by atoms with Gasteiger partial charge < -0.3 is 18.6 Å². The van der Waals surface area contributed by atoms with Crippen LogP contribution in [-0.4, -0.2) is 29.8 Å². The van der Waals surface area contributed by atoms with E-state index in [1.54, 1.807) is 14.2 Å². The highest BCUT2D eigenvalue weighted by molar-refractivity contribution is 5.95. The number of aromatic nitrogens is 2. The van der Waals surface area contributed by atoms with Crippen molar-refractivity contribution in [2.45, 2.75) is 32.1 Å².